The van der Waals surface area contributed by atoms with Crippen LogP contribution in [0.1, 0.15) is 6.92 Å². The van der Waals surface area contributed by atoms with Crippen LogP contribution in [0.3, 0.4) is 0 Å². The Morgan fingerprint density at radius 1 is 1.82 bits per heavy atom. The Morgan fingerprint density at radius 3 is 2.82 bits per heavy atom. The van der Waals surface area contributed by atoms with Crippen LogP contribution < -0.4 is 11.1 Å². The maximum absolute atomic E-state index is 10.1. The average molecular weight is 162 g/mol. The lowest BCUT2D eigenvalue weighted by molar-refractivity contribution is -0.136. The fourth-order valence-electron chi connectivity index (χ4n) is 0.613. The van der Waals surface area contributed by atoms with Crippen LogP contribution >= 0.6 is 0 Å². The van der Waals surface area contributed by atoms with Crippen LogP contribution in [0, 0.1) is 0 Å². The molecule has 0 rings (SSSR count). The molecule has 1 unspecified atom stereocenters. The van der Waals surface area contributed by atoms with Gasteiger partial charge in [-0.05, 0) is 6.92 Å². The van der Waals surface area contributed by atoms with Gasteiger partial charge in [-0.3, -0.25) is 10.1 Å². The molecule has 66 valence electrons. The summed E-state index contributed by atoms with van der Waals surface area (Å²) in [6.07, 6.45) is -0.351. The van der Waals surface area contributed by atoms with Gasteiger partial charge in [-0.1, -0.05) is 0 Å². The van der Waals surface area contributed by atoms with E-state index >= 15 is 0 Å². The Labute approximate surface area is 65.5 Å². The van der Waals surface area contributed by atoms with Gasteiger partial charge in [0.05, 0.1) is 6.54 Å². The third-order valence-corrected chi connectivity index (χ3v) is 1.06. The first kappa shape index (κ1) is 10.3. The van der Waals surface area contributed by atoms with Gasteiger partial charge in [0.15, 0.2) is 0 Å². The normalized spacial score (nSPS) is 12.9. The Hall–Kier alpha value is -0.650. The van der Waals surface area contributed by atoms with E-state index in [9.17, 15) is 4.79 Å². The van der Waals surface area contributed by atoms with Crippen molar-refractivity contribution < 1.29 is 14.6 Å². The number of hydrogen-bond acceptors (Lipinski definition) is 4. The zero-order valence-electron chi connectivity index (χ0n) is 6.54. The van der Waals surface area contributed by atoms with Crippen molar-refractivity contribution in [2.45, 2.75) is 13.2 Å². The zero-order chi connectivity index (χ0) is 8.69. The minimum atomic E-state index is -0.914. The van der Waals surface area contributed by atoms with E-state index in [1.807, 2.05) is 6.92 Å². The minimum Gasteiger partial charge on any atom is -0.480 e. The second-order valence-corrected chi connectivity index (χ2v) is 1.95. The molecule has 0 amide bonds. The van der Waals surface area contributed by atoms with Crippen molar-refractivity contribution >= 4 is 5.97 Å². The quantitative estimate of drug-likeness (QED) is 0.435. The summed E-state index contributed by atoms with van der Waals surface area (Å²) in [6.45, 7) is 2.50. The fraction of sp³-hybridized carbons (Fsp3) is 0.833. The summed E-state index contributed by atoms with van der Waals surface area (Å²) < 4.78 is 5.04. The number of nitrogens with one attached hydrogen (secondary N) is 1. The second kappa shape index (κ2) is 6.09. The topological polar surface area (TPSA) is 84.6 Å². The van der Waals surface area contributed by atoms with Crippen LogP contribution in [-0.4, -0.2) is 37.0 Å². The SMILES string of the molecule is CCOC(CN)NCC(=O)O. The number of carbonyl (C=O) groups is 1. The largest absolute Gasteiger partial charge is 0.480 e. The number of ether oxygens (including phenoxy) is 1. The van der Waals surface area contributed by atoms with Gasteiger partial charge < -0.3 is 15.6 Å². The molecular formula is C6H14N2O3. The maximum atomic E-state index is 10.1. The molecule has 5 nitrogen and oxygen atoms in total. The minimum absolute atomic E-state index is 0.123. The molecule has 0 spiro atoms. The molecule has 1 atom stereocenters. The molecule has 0 aromatic heterocycles. The molecule has 5 heteroatoms. The van der Waals surface area contributed by atoms with E-state index in [1.165, 1.54) is 0 Å². The van der Waals surface area contributed by atoms with Crippen LogP contribution in [0.4, 0.5) is 0 Å². The zero-order valence-corrected chi connectivity index (χ0v) is 6.54. The summed E-state index contributed by atoms with van der Waals surface area (Å²) in [6, 6.07) is 0. The van der Waals surface area contributed by atoms with Gasteiger partial charge in [0.2, 0.25) is 0 Å². The van der Waals surface area contributed by atoms with Crippen LogP contribution in [0.5, 0.6) is 0 Å². The molecule has 0 aromatic rings. The lowest BCUT2D eigenvalue weighted by Gasteiger charge is -2.14. The van der Waals surface area contributed by atoms with Crippen molar-refractivity contribution in [2.24, 2.45) is 5.73 Å². The first-order valence-corrected chi connectivity index (χ1v) is 3.47. The van der Waals surface area contributed by atoms with Crippen molar-refractivity contribution in [3.8, 4) is 0 Å². The summed E-state index contributed by atoms with van der Waals surface area (Å²) in [5, 5.41) is 10.9. The van der Waals surface area contributed by atoms with Crippen LogP contribution in [0.25, 0.3) is 0 Å². The van der Waals surface area contributed by atoms with Gasteiger partial charge >= 0.3 is 5.97 Å². The fourth-order valence-corrected chi connectivity index (χ4v) is 0.613. The molecule has 0 aliphatic carbocycles. The third-order valence-electron chi connectivity index (χ3n) is 1.06. The molecule has 0 aliphatic heterocycles. The van der Waals surface area contributed by atoms with Crippen LogP contribution in [0.2, 0.25) is 0 Å². The van der Waals surface area contributed by atoms with Gasteiger partial charge in [-0.15, -0.1) is 0 Å². The van der Waals surface area contributed by atoms with E-state index in [1.54, 1.807) is 0 Å². The van der Waals surface area contributed by atoms with Gasteiger partial charge in [0.1, 0.15) is 6.23 Å². The van der Waals surface area contributed by atoms with Gasteiger partial charge in [0.25, 0.3) is 0 Å². The Balaban J connectivity index is 3.43. The number of carboxylic acid groups (broad SMARTS) is 1. The predicted molar refractivity (Wildman–Crippen MR) is 40.1 cm³/mol. The number of carboxylic acids is 1. The highest BCUT2D eigenvalue weighted by atomic mass is 16.5. The van der Waals surface area contributed by atoms with Crippen molar-refractivity contribution in [3.63, 3.8) is 0 Å². The predicted octanol–water partition coefficient (Wildman–Crippen LogP) is -1.02. The van der Waals surface area contributed by atoms with E-state index in [4.69, 9.17) is 15.6 Å². The van der Waals surface area contributed by atoms with Crippen molar-refractivity contribution in [3.05, 3.63) is 0 Å². The molecule has 4 N–H and O–H groups in total. The number of hydrogen-bond donors (Lipinski definition) is 3. The standard InChI is InChI=1S/C6H14N2O3/c1-2-11-5(3-7)8-4-6(9)10/h5,8H,2-4,7H2,1H3,(H,9,10). The molecule has 0 bridgehead atoms. The molecule has 0 radical (unpaired) electrons. The van der Waals surface area contributed by atoms with Crippen molar-refractivity contribution in [2.75, 3.05) is 19.7 Å². The smallest absolute Gasteiger partial charge is 0.317 e. The van der Waals surface area contributed by atoms with Gasteiger partial charge in [-0.2, -0.15) is 0 Å². The third kappa shape index (κ3) is 5.78. The van der Waals surface area contributed by atoms with Gasteiger partial charge in [-0.25, -0.2) is 0 Å². The van der Waals surface area contributed by atoms with Crippen molar-refractivity contribution in [1.29, 1.82) is 0 Å². The Morgan fingerprint density at radius 2 is 2.45 bits per heavy atom. The lowest BCUT2D eigenvalue weighted by atomic mass is 10.5. The highest BCUT2D eigenvalue weighted by Crippen LogP contribution is 1.82. The van der Waals surface area contributed by atoms with Crippen LogP contribution in [-0.2, 0) is 9.53 Å². The Bertz CT molecular complexity index is 118. The molecule has 0 aliphatic rings. The molecule has 0 fully saturated rings. The monoisotopic (exact) mass is 162 g/mol. The molecule has 0 saturated heterocycles. The van der Waals surface area contributed by atoms with E-state index < -0.39 is 5.97 Å². The highest BCUT2D eigenvalue weighted by molar-refractivity contribution is 5.69. The molecule has 0 aromatic carbocycles. The number of rotatable bonds is 6. The summed E-state index contributed by atoms with van der Waals surface area (Å²) in [5.74, 6) is -0.914. The summed E-state index contributed by atoms with van der Waals surface area (Å²) in [7, 11) is 0. The van der Waals surface area contributed by atoms with E-state index in [2.05, 4.69) is 5.32 Å². The van der Waals surface area contributed by atoms with Gasteiger partial charge in [0, 0.05) is 13.2 Å². The van der Waals surface area contributed by atoms with Crippen molar-refractivity contribution in [1.82, 2.24) is 5.32 Å². The van der Waals surface area contributed by atoms with E-state index in [-0.39, 0.29) is 19.3 Å². The molecule has 0 heterocycles. The lowest BCUT2D eigenvalue weighted by Crippen LogP contribution is -2.41. The summed E-state index contributed by atoms with van der Waals surface area (Å²) >= 11 is 0. The van der Waals surface area contributed by atoms with E-state index in [0.29, 0.717) is 6.61 Å². The van der Waals surface area contributed by atoms with E-state index in [0.717, 1.165) is 0 Å². The average Bonchev–Trinajstić information content (AvgIpc) is 1.97. The number of nitrogens with two attached hydrogens (primary N) is 1. The molecule has 0 saturated carbocycles. The number of aliphatic carboxylic acids is 1. The summed E-state index contributed by atoms with van der Waals surface area (Å²) in [5.41, 5.74) is 5.26. The first-order chi connectivity index (χ1) is 5.20. The highest BCUT2D eigenvalue weighted by Gasteiger charge is 2.05. The Kier molecular flexibility index (Phi) is 5.73. The maximum Gasteiger partial charge on any atom is 0.317 e. The summed E-state index contributed by atoms with van der Waals surface area (Å²) in [4.78, 5) is 10.1. The second-order valence-electron chi connectivity index (χ2n) is 1.95. The molecular weight excluding hydrogens is 148 g/mol. The first-order valence-electron chi connectivity index (χ1n) is 3.47. The molecule has 11 heavy (non-hydrogen) atoms. The van der Waals surface area contributed by atoms with Crippen LogP contribution in [0.15, 0.2) is 0 Å².